The molecule has 0 saturated carbocycles. The van der Waals surface area contributed by atoms with Gasteiger partial charge in [-0.1, -0.05) is 55.0 Å². The molecule has 5 heteroatoms. The number of aliphatic carboxylic acids is 1. The second-order valence-electron chi connectivity index (χ2n) is 6.93. The van der Waals surface area contributed by atoms with E-state index in [1.807, 2.05) is 24.3 Å². The lowest BCUT2D eigenvalue weighted by Crippen LogP contribution is -2.21. The number of hydrogen-bond donors (Lipinski definition) is 2. The molecule has 1 atom stereocenters. The number of carbonyl (C=O) groups excluding carboxylic acids is 1. The Labute approximate surface area is 159 Å². The van der Waals surface area contributed by atoms with E-state index in [9.17, 15) is 14.7 Å². The van der Waals surface area contributed by atoms with E-state index in [0.717, 1.165) is 17.5 Å². The van der Waals surface area contributed by atoms with Gasteiger partial charge in [0.25, 0.3) is 0 Å². The average molecular weight is 367 g/mol. The van der Waals surface area contributed by atoms with Crippen LogP contribution in [0.25, 0.3) is 11.1 Å². The van der Waals surface area contributed by atoms with Crippen molar-refractivity contribution in [1.29, 1.82) is 0 Å². The topological polar surface area (TPSA) is 89.6 Å². The lowest BCUT2D eigenvalue weighted by molar-refractivity contribution is -0.152. The van der Waals surface area contributed by atoms with Gasteiger partial charge in [-0.3, -0.25) is 9.59 Å². The molecule has 0 radical (unpaired) electrons. The fourth-order valence-corrected chi connectivity index (χ4v) is 3.72. The zero-order valence-electron chi connectivity index (χ0n) is 15.3. The van der Waals surface area contributed by atoms with Gasteiger partial charge in [-0.05, 0) is 41.6 Å². The smallest absolute Gasteiger partial charge is 0.307 e. The van der Waals surface area contributed by atoms with Crippen LogP contribution in [0, 0.1) is 5.92 Å². The number of hydrogen-bond acceptors (Lipinski definition) is 4. The third-order valence-electron chi connectivity index (χ3n) is 5.14. The molecule has 0 unspecified atom stereocenters. The van der Waals surface area contributed by atoms with Gasteiger partial charge in [0, 0.05) is 5.92 Å². The average Bonchev–Trinajstić information content (AvgIpc) is 2.99. The quantitative estimate of drug-likeness (QED) is 0.522. The Morgan fingerprint density at radius 1 is 1.00 bits per heavy atom. The summed E-state index contributed by atoms with van der Waals surface area (Å²) in [5.41, 5.74) is 10.1. The van der Waals surface area contributed by atoms with Gasteiger partial charge in [-0.25, -0.2) is 0 Å². The Balaban J connectivity index is 1.64. The number of carbonyl (C=O) groups is 2. The zero-order valence-corrected chi connectivity index (χ0v) is 15.3. The maximum Gasteiger partial charge on any atom is 0.307 e. The normalized spacial score (nSPS) is 13.7. The second kappa shape index (κ2) is 8.82. The van der Waals surface area contributed by atoms with E-state index in [-0.39, 0.29) is 18.9 Å². The number of rotatable bonds is 9. The van der Waals surface area contributed by atoms with Crippen LogP contribution in [0.3, 0.4) is 0 Å². The molecule has 0 bridgehead atoms. The minimum Gasteiger partial charge on any atom is -0.481 e. The van der Waals surface area contributed by atoms with E-state index in [2.05, 4.69) is 24.3 Å². The largest absolute Gasteiger partial charge is 0.481 e. The van der Waals surface area contributed by atoms with Crippen molar-refractivity contribution in [3.05, 3.63) is 59.7 Å². The second-order valence-corrected chi connectivity index (χ2v) is 6.93. The molecule has 0 saturated heterocycles. The monoisotopic (exact) mass is 367 g/mol. The SMILES string of the molecule is NCCCC[C@H](CC(=O)OCC1c2ccccc2-c2ccccc21)C(=O)O. The first-order valence-corrected chi connectivity index (χ1v) is 9.38. The number of nitrogens with two attached hydrogens (primary N) is 1. The third-order valence-corrected chi connectivity index (χ3v) is 5.14. The minimum atomic E-state index is -0.958. The minimum absolute atomic E-state index is 0.0122. The Bertz CT molecular complexity index is 772. The van der Waals surface area contributed by atoms with Crippen molar-refractivity contribution < 1.29 is 19.4 Å². The molecule has 0 fully saturated rings. The number of unbranched alkanes of at least 4 members (excludes halogenated alkanes) is 1. The van der Waals surface area contributed by atoms with E-state index in [0.29, 0.717) is 19.4 Å². The van der Waals surface area contributed by atoms with Crippen LogP contribution >= 0.6 is 0 Å². The number of carboxylic acid groups (broad SMARTS) is 1. The van der Waals surface area contributed by atoms with Crippen molar-refractivity contribution in [2.75, 3.05) is 13.2 Å². The molecule has 0 heterocycles. The Hall–Kier alpha value is -2.66. The lowest BCUT2D eigenvalue weighted by atomic mass is 9.97. The highest BCUT2D eigenvalue weighted by molar-refractivity contribution is 5.80. The molecule has 0 amide bonds. The molecule has 2 aromatic carbocycles. The predicted octanol–water partition coefficient (Wildman–Crippen LogP) is 3.56. The standard InChI is InChI=1S/C22H25NO4/c23-12-6-5-7-15(22(25)26)13-21(24)27-14-20-18-10-3-1-8-16(18)17-9-2-4-11-19(17)20/h1-4,8-11,15,20H,5-7,12-14,23H2,(H,25,26)/t15-/m1/s1. The molecule has 142 valence electrons. The van der Waals surface area contributed by atoms with E-state index >= 15 is 0 Å². The van der Waals surface area contributed by atoms with Crippen LogP contribution in [0.15, 0.2) is 48.5 Å². The van der Waals surface area contributed by atoms with Crippen molar-refractivity contribution in [2.45, 2.75) is 31.6 Å². The number of ether oxygens (including phenoxy) is 1. The van der Waals surface area contributed by atoms with Crippen molar-refractivity contribution in [3.8, 4) is 11.1 Å². The van der Waals surface area contributed by atoms with Gasteiger partial charge < -0.3 is 15.6 Å². The first kappa shape index (κ1) is 19.1. The highest BCUT2D eigenvalue weighted by Crippen LogP contribution is 2.44. The highest BCUT2D eigenvalue weighted by Gasteiger charge is 2.29. The summed E-state index contributed by atoms with van der Waals surface area (Å²) in [6, 6.07) is 16.2. The Kier molecular flexibility index (Phi) is 6.24. The van der Waals surface area contributed by atoms with Crippen LogP contribution in [0.2, 0.25) is 0 Å². The summed E-state index contributed by atoms with van der Waals surface area (Å²) >= 11 is 0. The summed E-state index contributed by atoms with van der Waals surface area (Å²) < 4.78 is 5.50. The fourth-order valence-electron chi connectivity index (χ4n) is 3.72. The number of esters is 1. The van der Waals surface area contributed by atoms with Crippen LogP contribution in [-0.4, -0.2) is 30.2 Å². The van der Waals surface area contributed by atoms with Crippen molar-refractivity contribution >= 4 is 11.9 Å². The first-order valence-electron chi connectivity index (χ1n) is 9.38. The molecule has 2 aromatic rings. The van der Waals surface area contributed by atoms with Gasteiger partial charge in [0.2, 0.25) is 0 Å². The molecule has 1 aliphatic carbocycles. The summed E-state index contributed by atoms with van der Waals surface area (Å²) in [5, 5.41) is 9.32. The van der Waals surface area contributed by atoms with E-state index in [4.69, 9.17) is 10.5 Å². The van der Waals surface area contributed by atoms with E-state index in [1.165, 1.54) is 11.1 Å². The number of fused-ring (bicyclic) bond motifs is 3. The summed E-state index contributed by atoms with van der Waals surface area (Å²) in [6.45, 7) is 0.749. The molecule has 0 aliphatic heterocycles. The van der Waals surface area contributed by atoms with Gasteiger partial charge in [-0.2, -0.15) is 0 Å². The van der Waals surface area contributed by atoms with Gasteiger partial charge in [-0.15, -0.1) is 0 Å². The molecular weight excluding hydrogens is 342 g/mol. The fraction of sp³-hybridized carbons (Fsp3) is 0.364. The van der Waals surface area contributed by atoms with E-state index < -0.39 is 17.9 Å². The summed E-state index contributed by atoms with van der Waals surface area (Å²) in [7, 11) is 0. The van der Waals surface area contributed by atoms with E-state index in [1.54, 1.807) is 0 Å². The molecular formula is C22H25NO4. The molecule has 0 aromatic heterocycles. The van der Waals surface area contributed by atoms with Crippen LogP contribution in [0.4, 0.5) is 0 Å². The predicted molar refractivity (Wildman–Crippen MR) is 103 cm³/mol. The summed E-state index contributed by atoms with van der Waals surface area (Å²) in [6.07, 6.45) is 1.80. The molecule has 27 heavy (non-hydrogen) atoms. The lowest BCUT2D eigenvalue weighted by Gasteiger charge is -2.16. The maximum absolute atomic E-state index is 12.3. The summed E-state index contributed by atoms with van der Waals surface area (Å²) in [5.74, 6) is -2.15. The van der Waals surface area contributed by atoms with Crippen molar-refractivity contribution in [3.63, 3.8) is 0 Å². The molecule has 1 aliphatic rings. The number of benzene rings is 2. The van der Waals surface area contributed by atoms with Gasteiger partial charge in [0.15, 0.2) is 0 Å². The van der Waals surface area contributed by atoms with Gasteiger partial charge in [0.1, 0.15) is 6.61 Å². The first-order chi connectivity index (χ1) is 13.1. The Morgan fingerprint density at radius 3 is 2.15 bits per heavy atom. The third kappa shape index (κ3) is 4.37. The van der Waals surface area contributed by atoms with Crippen LogP contribution in [-0.2, 0) is 14.3 Å². The van der Waals surface area contributed by atoms with Crippen LogP contribution < -0.4 is 5.73 Å². The van der Waals surface area contributed by atoms with Gasteiger partial charge in [0.05, 0.1) is 12.3 Å². The number of carboxylic acids is 1. The molecule has 0 spiro atoms. The maximum atomic E-state index is 12.3. The van der Waals surface area contributed by atoms with Crippen LogP contribution in [0.5, 0.6) is 0 Å². The van der Waals surface area contributed by atoms with Crippen molar-refractivity contribution in [1.82, 2.24) is 0 Å². The Morgan fingerprint density at radius 2 is 1.59 bits per heavy atom. The molecule has 3 N–H and O–H groups in total. The van der Waals surface area contributed by atoms with Crippen molar-refractivity contribution in [2.24, 2.45) is 11.7 Å². The highest BCUT2D eigenvalue weighted by atomic mass is 16.5. The molecule has 5 nitrogen and oxygen atoms in total. The molecule has 3 rings (SSSR count). The summed E-state index contributed by atoms with van der Waals surface area (Å²) in [4.78, 5) is 23.6. The zero-order chi connectivity index (χ0) is 19.2. The van der Waals surface area contributed by atoms with Crippen LogP contribution in [0.1, 0.15) is 42.7 Å². The van der Waals surface area contributed by atoms with Gasteiger partial charge >= 0.3 is 11.9 Å².